The van der Waals surface area contributed by atoms with Crippen LogP contribution >= 0.6 is 11.8 Å². The van der Waals surface area contributed by atoms with Crippen LogP contribution in [0, 0.1) is 0 Å². The van der Waals surface area contributed by atoms with Crippen LogP contribution in [0.4, 0.5) is 0 Å². The Kier molecular flexibility index (Phi) is 5.69. The molecule has 0 aliphatic rings. The highest BCUT2D eigenvalue weighted by molar-refractivity contribution is 7.99. The van der Waals surface area contributed by atoms with Crippen LogP contribution in [0.25, 0.3) is 0 Å². The molecule has 0 heterocycles. The van der Waals surface area contributed by atoms with Gasteiger partial charge in [0.15, 0.2) is 11.5 Å². The highest BCUT2D eigenvalue weighted by Gasteiger charge is 2.09. The highest BCUT2D eigenvalue weighted by atomic mass is 32.2. The van der Waals surface area contributed by atoms with Gasteiger partial charge in [-0.25, -0.2) is 0 Å². The number of hydrogen-bond donors (Lipinski definition) is 1. The molecule has 0 radical (unpaired) electrons. The molecular weight excluding hydrogens is 238 g/mol. The van der Waals surface area contributed by atoms with Gasteiger partial charge in [0.25, 0.3) is 0 Å². The number of amides is 1. The third-order valence-corrected chi connectivity index (χ3v) is 2.79. The van der Waals surface area contributed by atoms with E-state index in [-0.39, 0.29) is 5.91 Å². The molecule has 5 heteroatoms. The van der Waals surface area contributed by atoms with Gasteiger partial charge in [-0.05, 0) is 12.3 Å². The Morgan fingerprint density at radius 3 is 2.71 bits per heavy atom. The third kappa shape index (κ3) is 3.85. The van der Waals surface area contributed by atoms with Gasteiger partial charge in [0.1, 0.15) is 0 Å². The number of hydrogen-bond acceptors (Lipinski definition) is 4. The van der Waals surface area contributed by atoms with E-state index in [4.69, 9.17) is 9.47 Å². The molecule has 17 heavy (non-hydrogen) atoms. The summed E-state index contributed by atoms with van der Waals surface area (Å²) in [6.07, 6.45) is 1.89. The standard InChI is InChI=1S/C12H17NO3S/c1-15-10-6-4-5-9(12(10)16-2)7-13-11(14)8-17-3/h4-6H,7-8H2,1-3H3,(H,13,14). The average molecular weight is 255 g/mol. The van der Waals surface area contributed by atoms with E-state index in [1.165, 1.54) is 11.8 Å². The molecule has 1 aromatic rings. The zero-order valence-corrected chi connectivity index (χ0v) is 11.1. The summed E-state index contributed by atoms with van der Waals surface area (Å²) in [6.45, 7) is 0.444. The first-order chi connectivity index (χ1) is 8.22. The van der Waals surface area contributed by atoms with Crippen molar-refractivity contribution < 1.29 is 14.3 Å². The van der Waals surface area contributed by atoms with Crippen LogP contribution in [-0.4, -0.2) is 32.1 Å². The summed E-state index contributed by atoms with van der Waals surface area (Å²) < 4.78 is 10.5. The smallest absolute Gasteiger partial charge is 0.230 e. The van der Waals surface area contributed by atoms with Crippen LogP contribution in [0.15, 0.2) is 18.2 Å². The Bertz CT molecular complexity index is 382. The van der Waals surface area contributed by atoms with Crippen molar-refractivity contribution in [1.29, 1.82) is 0 Å². The summed E-state index contributed by atoms with van der Waals surface area (Å²) in [6, 6.07) is 5.60. The monoisotopic (exact) mass is 255 g/mol. The molecule has 1 N–H and O–H groups in total. The molecule has 0 bridgehead atoms. The fraction of sp³-hybridized carbons (Fsp3) is 0.417. The average Bonchev–Trinajstić information content (AvgIpc) is 2.36. The van der Waals surface area contributed by atoms with Crippen molar-refractivity contribution >= 4 is 17.7 Å². The van der Waals surface area contributed by atoms with Gasteiger partial charge in [0.2, 0.25) is 5.91 Å². The molecule has 94 valence electrons. The van der Waals surface area contributed by atoms with Gasteiger partial charge in [-0.2, -0.15) is 11.8 Å². The molecule has 0 spiro atoms. The minimum Gasteiger partial charge on any atom is -0.493 e. The Labute approximate surface area is 106 Å². The van der Waals surface area contributed by atoms with E-state index in [1.807, 2.05) is 24.5 Å². The molecule has 0 aliphatic carbocycles. The summed E-state index contributed by atoms with van der Waals surface area (Å²) in [7, 11) is 3.18. The second kappa shape index (κ2) is 7.06. The number of para-hydroxylation sites is 1. The predicted molar refractivity (Wildman–Crippen MR) is 69.8 cm³/mol. The lowest BCUT2D eigenvalue weighted by atomic mass is 10.2. The molecule has 0 unspecified atom stereocenters. The summed E-state index contributed by atoms with van der Waals surface area (Å²) in [5.41, 5.74) is 0.904. The van der Waals surface area contributed by atoms with Crippen LogP contribution < -0.4 is 14.8 Å². The predicted octanol–water partition coefficient (Wildman–Crippen LogP) is 1.68. The fourth-order valence-corrected chi connectivity index (χ4v) is 1.83. The molecule has 0 saturated carbocycles. The normalized spacial score (nSPS) is 9.82. The minimum absolute atomic E-state index is 0.0161. The zero-order chi connectivity index (χ0) is 12.7. The third-order valence-electron chi connectivity index (χ3n) is 2.24. The van der Waals surface area contributed by atoms with Gasteiger partial charge in [0.05, 0.1) is 20.0 Å². The number of methoxy groups -OCH3 is 2. The minimum atomic E-state index is 0.0161. The van der Waals surface area contributed by atoms with Gasteiger partial charge in [-0.3, -0.25) is 4.79 Å². The molecule has 1 aromatic carbocycles. The van der Waals surface area contributed by atoms with Crippen molar-refractivity contribution in [3.8, 4) is 11.5 Å². The van der Waals surface area contributed by atoms with E-state index in [1.54, 1.807) is 14.2 Å². The van der Waals surface area contributed by atoms with Crippen molar-refractivity contribution in [2.24, 2.45) is 0 Å². The van der Waals surface area contributed by atoms with Gasteiger partial charge in [-0.1, -0.05) is 12.1 Å². The maximum atomic E-state index is 11.4. The summed E-state index contributed by atoms with van der Waals surface area (Å²) in [4.78, 5) is 11.4. The number of thioether (sulfide) groups is 1. The van der Waals surface area contributed by atoms with E-state index in [2.05, 4.69) is 5.32 Å². The Morgan fingerprint density at radius 2 is 2.12 bits per heavy atom. The quantitative estimate of drug-likeness (QED) is 0.840. The van der Waals surface area contributed by atoms with E-state index in [9.17, 15) is 4.79 Å². The molecular formula is C12H17NO3S. The SMILES string of the molecule is COc1cccc(CNC(=O)CSC)c1OC. The molecule has 0 aromatic heterocycles. The summed E-state index contributed by atoms with van der Waals surface area (Å²) in [5.74, 6) is 1.82. The van der Waals surface area contributed by atoms with E-state index >= 15 is 0 Å². The van der Waals surface area contributed by atoms with Gasteiger partial charge in [-0.15, -0.1) is 0 Å². The Hall–Kier alpha value is -1.36. The first kappa shape index (κ1) is 13.7. The van der Waals surface area contributed by atoms with Crippen molar-refractivity contribution in [2.45, 2.75) is 6.54 Å². The van der Waals surface area contributed by atoms with E-state index in [0.717, 1.165) is 5.56 Å². The first-order valence-electron chi connectivity index (χ1n) is 5.18. The summed E-state index contributed by atoms with van der Waals surface area (Å²) >= 11 is 1.49. The molecule has 0 atom stereocenters. The van der Waals surface area contributed by atoms with Crippen LogP contribution in [-0.2, 0) is 11.3 Å². The fourth-order valence-electron chi connectivity index (χ4n) is 1.47. The van der Waals surface area contributed by atoms with Crippen LogP contribution in [0.5, 0.6) is 11.5 Å². The maximum absolute atomic E-state index is 11.4. The number of carbonyl (C=O) groups is 1. The number of benzene rings is 1. The Balaban J connectivity index is 2.73. The number of nitrogens with one attached hydrogen (secondary N) is 1. The lowest BCUT2D eigenvalue weighted by molar-refractivity contribution is -0.118. The van der Waals surface area contributed by atoms with Gasteiger partial charge in [0, 0.05) is 12.1 Å². The maximum Gasteiger partial charge on any atom is 0.230 e. The van der Waals surface area contributed by atoms with Gasteiger partial charge >= 0.3 is 0 Å². The molecule has 0 fully saturated rings. The van der Waals surface area contributed by atoms with Crippen LogP contribution in [0.2, 0.25) is 0 Å². The summed E-state index contributed by atoms with van der Waals surface area (Å²) in [5, 5.41) is 2.83. The van der Waals surface area contributed by atoms with Gasteiger partial charge < -0.3 is 14.8 Å². The number of rotatable bonds is 6. The lowest BCUT2D eigenvalue weighted by Crippen LogP contribution is -2.24. The van der Waals surface area contributed by atoms with Crippen molar-refractivity contribution in [2.75, 3.05) is 26.2 Å². The zero-order valence-electron chi connectivity index (χ0n) is 10.3. The topological polar surface area (TPSA) is 47.6 Å². The second-order valence-corrected chi connectivity index (χ2v) is 4.23. The molecule has 1 rings (SSSR count). The first-order valence-corrected chi connectivity index (χ1v) is 6.57. The van der Waals surface area contributed by atoms with E-state index in [0.29, 0.717) is 23.8 Å². The Morgan fingerprint density at radius 1 is 1.35 bits per heavy atom. The molecule has 0 aliphatic heterocycles. The molecule has 1 amide bonds. The number of carbonyl (C=O) groups excluding carboxylic acids is 1. The highest BCUT2D eigenvalue weighted by Crippen LogP contribution is 2.30. The van der Waals surface area contributed by atoms with Crippen LogP contribution in [0.1, 0.15) is 5.56 Å². The number of ether oxygens (including phenoxy) is 2. The van der Waals surface area contributed by atoms with Crippen molar-refractivity contribution in [3.05, 3.63) is 23.8 Å². The lowest BCUT2D eigenvalue weighted by Gasteiger charge is -2.12. The second-order valence-electron chi connectivity index (χ2n) is 3.36. The largest absolute Gasteiger partial charge is 0.493 e. The molecule has 0 saturated heterocycles. The van der Waals surface area contributed by atoms with Crippen LogP contribution in [0.3, 0.4) is 0 Å². The van der Waals surface area contributed by atoms with E-state index < -0.39 is 0 Å². The van der Waals surface area contributed by atoms with Crippen molar-refractivity contribution in [3.63, 3.8) is 0 Å². The van der Waals surface area contributed by atoms with Crippen molar-refractivity contribution in [1.82, 2.24) is 5.32 Å². The molecule has 4 nitrogen and oxygen atoms in total.